The van der Waals surface area contributed by atoms with E-state index in [1.807, 2.05) is 0 Å². The summed E-state index contributed by atoms with van der Waals surface area (Å²) in [4.78, 5) is 16.5. The van der Waals surface area contributed by atoms with Crippen LogP contribution in [0.2, 0.25) is 0 Å². The van der Waals surface area contributed by atoms with Crippen LogP contribution in [0.1, 0.15) is 55.5 Å². The third kappa shape index (κ3) is 4.39. The molecule has 4 rings (SSSR count). The van der Waals surface area contributed by atoms with E-state index in [4.69, 9.17) is 4.74 Å². The molecule has 0 amide bonds. The maximum Gasteiger partial charge on any atom is 0.435 e. The van der Waals surface area contributed by atoms with Crippen molar-refractivity contribution in [1.29, 1.82) is 0 Å². The summed E-state index contributed by atoms with van der Waals surface area (Å²) in [6.07, 6.45) is 0.0546. The first-order chi connectivity index (χ1) is 14.8. The molecule has 0 saturated carbocycles. The minimum atomic E-state index is -4.61. The molecule has 2 aromatic rings. The monoisotopic (exact) mass is 438 g/mol. The zero-order valence-corrected chi connectivity index (χ0v) is 17.2. The van der Waals surface area contributed by atoms with Crippen molar-refractivity contribution >= 4 is 5.97 Å². The third-order valence-electron chi connectivity index (χ3n) is 6.08. The van der Waals surface area contributed by atoms with Gasteiger partial charge in [0.05, 0.1) is 29.7 Å². The van der Waals surface area contributed by atoms with Crippen molar-refractivity contribution in [2.75, 3.05) is 13.1 Å². The molecule has 10 heteroatoms. The first-order valence-electron chi connectivity index (χ1n) is 10.5. The predicted octanol–water partition coefficient (Wildman–Crippen LogP) is 3.34. The number of esters is 1. The second kappa shape index (κ2) is 8.49. The number of fused-ring (bicyclic) bond motifs is 1. The topological polar surface area (TPSA) is 89.3 Å². The summed E-state index contributed by atoms with van der Waals surface area (Å²) >= 11 is 0. The summed E-state index contributed by atoms with van der Waals surface area (Å²) in [5.74, 6) is -1.12. The quantitative estimate of drug-likeness (QED) is 0.712. The Kier molecular flexibility index (Phi) is 5.92. The second-order valence-electron chi connectivity index (χ2n) is 8.19. The van der Waals surface area contributed by atoms with E-state index in [0.29, 0.717) is 31.4 Å². The highest BCUT2D eigenvalue weighted by Crippen LogP contribution is 2.43. The molecule has 1 aliphatic carbocycles. The number of rotatable bonds is 4. The van der Waals surface area contributed by atoms with Crippen LogP contribution < -0.4 is 5.32 Å². The van der Waals surface area contributed by atoms with Gasteiger partial charge < -0.3 is 15.2 Å². The molecule has 0 radical (unpaired) electrons. The number of nitrogens with zero attached hydrogens (tertiary/aromatic N) is 3. The van der Waals surface area contributed by atoms with Gasteiger partial charge in [0.2, 0.25) is 0 Å². The van der Waals surface area contributed by atoms with Gasteiger partial charge in [-0.3, -0.25) is 9.78 Å². The number of carbonyl (C=O) groups excluding carboxylic acids is 1. The highest BCUT2D eigenvalue weighted by molar-refractivity contribution is 5.72. The Morgan fingerprint density at radius 1 is 1.29 bits per heavy atom. The summed E-state index contributed by atoms with van der Waals surface area (Å²) < 4.78 is 48.1. The molecule has 0 bridgehead atoms. The minimum Gasteiger partial charge on any atom is -0.506 e. The molecular weight excluding hydrogens is 413 g/mol. The summed E-state index contributed by atoms with van der Waals surface area (Å²) in [5, 5.41) is 16.8. The molecule has 2 atom stereocenters. The lowest BCUT2D eigenvalue weighted by atomic mass is 9.83. The number of carbonyl (C=O) groups is 1. The molecule has 0 spiro atoms. The predicted molar refractivity (Wildman–Crippen MR) is 105 cm³/mol. The number of aromatic hydroxyl groups is 1. The van der Waals surface area contributed by atoms with Gasteiger partial charge in [-0.05, 0) is 52.1 Å². The fraction of sp³-hybridized carbons (Fsp3) is 0.571. The smallest absolute Gasteiger partial charge is 0.435 e. The van der Waals surface area contributed by atoms with Gasteiger partial charge in [0.25, 0.3) is 0 Å². The number of pyridine rings is 1. The fourth-order valence-corrected chi connectivity index (χ4v) is 4.56. The Morgan fingerprint density at radius 3 is 2.71 bits per heavy atom. The number of alkyl halides is 3. The van der Waals surface area contributed by atoms with Crippen molar-refractivity contribution in [3.05, 3.63) is 35.4 Å². The van der Waals surface area contributed by atoms with Crippen LogP contribution in [0.15, 0.2) is 18.5 Å². The lowest BCUT2D eigenvalue weighted by Crippen LogP contribution is -2.35. The maximum atomic E-state index is 13.7. The minimum absolute atomic E-state index is 0.122. The normalized spacial score (nSPS) is 20.8. The van der Waals surface area contributed by atoms with Crippen LogP contribution in [0.5, 0.6) is 5.75 Å². The van der Waals surface area contributed by atoms with Crippen molar-refractivity contribution in [1.82, 2.24) is 20.1 Å². The van der Waals surface area contributed by atoms with Crippen LogP contribution in [0.4, 0.5) is 13.2 Å². The summed E-state index contributed by atoms with van der Waals surface area (Å²) in [6, 6.07) is 1.32. The Balaban J connectivity index is 1.70. The Morgan fingerprint density at radius 2 is 2.03 bits per heavy atom. The van der Waals surface area contributed by atoms with E-state index in [1.165, 1.54) is 23.1 Å². The molecule has 2 unspecified atom stereocenters. The number of hydrogen-bond donors (Lipinski definition) is 2. The van der Waals surface area contributed by atoms with E-state index in [2.05, 4.69) is 15.4 Å². The molecule has 2 aromatic heterocycles. The van der Waals surface area contributed by atoms with Crippen molar-refractivity contribution in [2.24, 2.45) is 5.92 Å². The van der Waals surface area contributed by atoms with E-state index in [1.54, 1.807) is 6.92 Å². The van der Waals surface area contributed by atoms with Crippen LogP contribution in [0, 0.1) is 5.92 Å². The highest BCUT2D eigenvalue weighted by atomic mass is 19.4. The van der Waals surface area contributed by atoms with Crippen molar-refractivity contribution < 1.29 is 27.8 Å². The van der Waals surface area contributed by atoms with Crippen LogP contribution in [0.3, 0.4) is 0 Å². The zero-order chi connectivity index (χ0) is 22.2. The maximum absolute atomic E-state index is 13.7. The van der Waals surface area contributed by atoms with Crippen LogP contribution in [0.25, 0.3) is 5.69 Å². The van der Waals surface area contributed by atoms with Gasteiger partial charge in [-0.2, -0.15) is 18.3 Å². The number of hydrogen-bond acceptors (Lipinski definition) is 6. The van der Waals surface area contributed by atoms with Crippen LogP contribution in [-0.4, -0.2) is 45.0 Å². The van der Waals surface area contributed by atoms with E-state index in [9.17, 15) is 23.1 Å². The first kappa shape index (κ1) is 21.6. The average molecular weight is 438 g/mol. The Labute approximate surface area is 177 Å². The molecule has 31 heavy (non-hydrogen) atoms. The molecule has 2 aliphatic rings. The summed E-state index contributed by atoms with van der Waals surface area (Å²) in [5.41, 5.74) is -0.212. The van der Waals surface area contributed by atoms with E-state index >= 15 is 0 Å². The van der Waals surface area contributed by atoms with E-state index in [0.717, 1.165) is 13.1 Å². The van der Waals surface area contributed by atoms with Gasteiger partial charge in [0, 0.05) is 17.5 Å². The van der Waals surface area contributed by atoms with Crippen LogP contribution in [-0.2, 0) is 22.1 Å². The molecular formula is C21H25F3N4O3. The lowest BCUT2D eigenvalue weighted by molar-refractivity contribution is -0.155. The number of halogens is 3. The number of piperidine rings is 1. The summed E-state index contributed by atoms with van der Waals surface area (Å²) in [6.45, 7) is 3.21. The average Bonchev–Trinajstić information content (AvgIpc) is 3.14. The second-order valence-corrected chi connectivity index (χ2v) is 8.19. The molecule has 7 nitrogen and oxygen atoms in total. The van der Waals surface area contributed by atoms with Crippen molar-refractivity contribution in [2.45, 2.75) is 57.2 Å². The Bertz CT molecular complexity index is 954. The number of aromatic nitrogens is 3. The van der Waals surface area contributed by atoms with Gasteiger partial charge in [-0.15, -0.1) is 0 Å². The Hall–Kier alpha value is -2.62. The van der Waals surface area contributed by atoms with Crippen molar-refractivity contribution in [3.63, 3.8) is 0 Å². The molecule has 0 aromatic carbocycles. The van der Waals surface area contributed by atoms with E-state index < -0.39 is 23.9 Å². The lowest BCUT2D eigenvalue weighted by Gasteiger charge is -2.31. The molecule has 168 valence electrons. The first-order valence-corrected chi connectivity index (χ1v) is 10.5. The zero-order valence-electron chi connectivity index (χ0n) is 17.2. The van der Waals surface area contributed by atoms with Gasteiger partial charge in [0.1, 0.15) is 11.9 Å². The molecule has 1 saturated heterocycles. The number of ether oxygens (including phenoxy) is 1. The largest absolute Gasteiger partial charge is 0.506 e. The molecule has 1 fully saturated rings. The van der Waals surface area contributed by atoms with Crippen LogP contribution >= 0.6 is 0 Å². The van der Waals surface area contributed by atoms with Gasteiger partial charge >= 0.3 is 12.1 Å². The molecule has 2 N–H and O–H groups in total. The van der Waals surface area contributed by atoms with Gasteiger partial charge in [-0.25, -0.2) is 4.68 Å². The van der Waals surface area contributed by atoms with Crippen molar-refractivity contribution in [3.8, 4) is 11.4 Å². The number of nitrogens with one attached hydrogen (secondary N) is 1. The van der Waals surface area contributed by atoms with Gasteiger partial charge in [0.15, 0.2) is 5.69 Å². The molecule has 1 aliphatic heterocycles. The standard InChI is InChI=1S/C21H25F3N4O3/c1-12(31-20(30)13-5-7-25-8-6-13)16-3-2-4-17-18(16)28(27-19(17)21(22,23)24)14-9-15(29)11-26-10-14/h9-13,16,25,29H,2-8H2,1H3. The highest BCUT2D eigenvalue weighted by Gasteiger charge is 2.43. The van der Waals surface area contributed by atoms with E-state index in [-0.39, 0.29) is 35.3 Å². The fourth-order valence-electron chi connectivity index (χ4n) is 4.56. The summed E-state index contributed by atoms with van der Waals surface area (Å²) in [7, 11) is 0. The SMILES string of the molecule is CC(OC(=O)C1CCNCC1)C1CCCc2c(C(F)(F)F)nn(-c3cncc(O)c3)c21. The third-order valence-corrected chi connectivity index (χ3v) is 6.08. The van der Waals surface area contributed by atoms with Gasteiger partial charge in [-0.1, -0.05) is 0 Å². The molecule has 3 heterocycles.